The van der Waals surface area contributed by atoms with Crippen molar-refractivity contribution in [1.29, 1.82) is 0 Å². The monoisotopic (exact) mass is 280 g/mol. The minimum Gasteiger partial charge on any atom is -0.459 e. The van der Waals surface area contributed by atoms with Crippen LogP contribution in [0.3, 0.4) is 0 Å². The summed E-state index contributed by atoms with van der Waals surface area (Å²) in [4.78, 5) is 23.3. The smallest absolute Gasteiger partial charge is 0.341 e. The molecule has 0 unspecified atom stereocenters. The van der Waals surface area contributed by atoms with Crippen molar-refractivity contribution < 1.29 is 14.3 Å². The first-order chi connectivity index (χ1) is 9.02. The van der Waals surface area contributed by atoms with Crippen LogP contribution in [0.5, 0.6) is 0 Å². The summed E-state index contributed by atoms with van der Waals surface area (Å²) in [6.07, 6.45) is 3.19. The fourth-order valence-corrected chi connectivity index (χ4v) is 2.90. The summed E-state index contributed by atoms with van der Waals surface area (Å²) in [6.45, 7) is 3.64. The third kappa shape index (κ3) is 2.84. The average Bonchev–Trinajstić information content (AvgIpc) is 2.90. The first-order valence-corrected chi connectivity index (χ1v) is 6.99. The van der Waals surface area contributed by atoms with E-state index in [-0.39, 0.29) is 18.0 Å². The van der Waals surface area contributed by atoms with Crippen LogP contribution in [0, 0.1) is 0 Å². The zero-order valence-electron chi connectivity index (χ0n) is 11.1. The molecular formula is C13H16N2O3S. The number of likely N-dealkylation sites (N-methyl/N-ethyl adjacent to an activating group) is 1. The summed E-state index contributed by atoms with van der Waals surface area (Å²) in [5.41, 5.74) is 1.42. The molecular weight excluding hydrogens is 264 g/mol. The van der Waals surface area contributed by atoms with E-state index in [0.29, 0.717) is 11.3 Å². The van der Waals surface area contributed by atoms with Crippen LogP contribution >= 0.6 is 11.8 Å². The molecule has 0 bridgehead atoms. The van der Waals surface area contributed by atoms with Gasteiger partial charge in [0.2, 0.25) is 5.91 Å². The van der Waals surface area contributed by atoms with Crippen LogP contribution in [0.2, 0.25) is 0 Å². The molecule has 0 radical (unpaired) electrons. The Hall–Kier alpha value is -1.69. The minimum atomic E-state index is -0.322. The number of fused-ring (bicyclic) bond motifs is 1. The fourth-order valence-electron chi connectivity index (χ4n) is 1.77. The van der Waals surface area contributed by atoms with Crippen LogP contribution in [0.4, 0.5) is 0 Å². The van der Waals surface area contributed by atoms with Gasteiger partial charge in [0.05, 0.1) is 16.7 Å². The van der Waals surface area contributed by atoms with Crippen LogP contribution in [-0.2, 0) is 9.53 Å². The van der Waals surface area contributed by atoms with Crippen molar-refractivity contribution in [3.05, 3.63) is 23.9 Å². The van der Waals surface area contributed by atoms with Gasteiger partial charge in [-0.1, -0.05) is 0 Å². The van der Waals surface area contributed by atoms with Crippen LogP contribution in [0.1, 0.15) is 24.2 Å². The van der Waals surface area contributed by atoms with E-state index in [0.717, 1.165) is 10.7 Å². The number of thioether (sulfide) groups is 1. The number of nitrogens with one attached hydrogen (secondary N) is 1. The molecule has 0 aromatic carbocycles. The van der Waals surface area contributed by atoms with E-state index < -0.39 is 0 Å². The number of esters is 1. The molecule has 1 aliphatic rings. The van der Waals surface area contributed by atoms with Crippen molar-refractivity contribution in [2.24, 2.45) is 0 Å². The molecule has 5 nitrogen and oxygen atoms in total. The molecule has 1 N–H and O–H groups in total. The van der Waals surface area contributed by atoms with E-state index in [1.165, 1.54) is 11.8 Å². The lowest BCUT2D eigenvalue weighted by Crippen LogP contribution is -2.15. The molecule has 2 rings (SSSR count). The molecule has 102 valence electrons. The van der Waals surface area contributed by atoms with E-state index >= 15 is 0 Å². The Morgan fingerprint density at radius 1 is 1.53 bits per heavy atom. The van der Waals surface area contributed by atoms with Gasteiger partial charge in [-0.3, -0.25) is 4.79 Å². The number of amides is 1. The van der Waals surface area contributed by atoms with Gasteiger partial charge in [-0.2, -0.15) is 0 Å². The van der Waals surface area contributed by atoms with Crippen molar-refractivity contribution in [3.8, 4) is 0 Å². The normalized spacial score (nSPS) is 15.7. The molecule has 0 aliphatic carbocycles. The first kappa shape index (κ1) is 13.7. The SMILES string of the molecule is CNC(=O)/C=C1\CSc2c(C(=O)OC(C)C)ccn21. The second-order valence-electron chi connectivity index (χ2n) is 4.40. The maximum Gasteiger partial charge on any atom is 0.341 e. The summed E-state index contributed by atoms with van der Waals surface area (Å²) >= 11 is 1.53. The van der Waals surface area contributed by atoms with E-state index in [4.69, 9.17) is 4.74 Å². The molecule has 1 aliphatic heterocycles. The van der Waals surface area contributed by atoms with Crippen molar-refractivity contribution >= 4 is 29.3 Å². The van der Waals surface area contributed by atoms with Gasteiger partial charge in [0.1, 0.15) is 0 Å². The Kier molecular flexibility index (Phi) is 3.99. The van der Waals surface area contributed by atoms with Crippen molar-refractivity contribution in [1.82, 2.24) is 9.88 Å². The van der Waals surface area contributed by atoms with Gasteiger partial charge < -0.3 is 14.6 Å². The second kappa shape index (κ2) is 5.52. The summed E-state index contributed by atoms with van der Waals surface area (Å²) in [7, 11) is 1.59. The average molecular weight is 280 g/mol. The van der Waals surface area contributed by atoms with E-state index in [1.54, 1.807) is 25.4 Å². The second-order valence-corrected chi connectivity index (χ2v) is 5.36. The number of aromatic nitrogens is 1. The van der Waals surface area contributed by atoms with Gasteiger partial charge in [0.15, 0.2) is 0 Å². The lowest BCUT2D eigenvalue weighted by molar-refractivity contribution is -0.116. The van der Waals surface area contributed by atoms with Crippen LogP contribution in [-0.4, -0.2) is 35.3 Å². The number of carbonyl (C=O) groups is 2. The Bertz CT molecular complexity index is 546. The highest BCUT2D eigenvalue weighted by Gasteiger charge is 2.25. The zero-order valence-corrected chi connectivity index (χ0v) is 11.9. The molecule has 0 atom stereocenters. The Morgan fingerprint density at radius 3 is 2.89 bits per heavy atom. The first-order valence-electron chi connectivity index (χ1n) is 6.00. The minimum absolute atomic E-state index is 0.143. The van der Waals surface area contributed by atoms with E-state index in [9.17, 15) is 9.59 Å². The van der Waals surface area contributed by atoms with Crippen molar-refractivity contribution in [3.63, 3.8) is 0 Å². The molecule has 19 heavy (non-hydrogen) atoms. The van der Waals surface area contributed by atoms with Gasteiger partial charge in [-0.05, 0) is 19.9 Å². The summed E-state index contributed by atoms with van der Waals surface area (Å²) in [5, 5.41) is 3.38. The van der Waals surface area contributed by atoms with Crippen molar-refractivity contribution in [2.75, 3.05) is 12.8 Å². The molecule has 1 aromatic heterocycles. The van der Waals surface area contributed by atoms with Gasteiger partial charge in [-0.15, -0.1) is 11.8 Å². The Labute approximate surface area is 116 Å². The molecule has 0 saturated heterocycles. The van der Waals surface area contributed by atoms with Gasteiger partial charge in [0.25, 0.3) is 0 Å². The van der Waals surface area contributed by atoms with Crippen LogP contribution < -0.4 is 5.32 Å². The van der Waals surface area contributed by atoms with E-state index in [1.807, 2.05) is 18.4 Å². The maximum atomic E-state index is 11.9. The van der Waals surface area contributed by atoms with E-state index in [2.05, 4.69) is 5.32 Å². The molecule has 0 fully saturated rings. The molecule has 0 spiro atoms. The number of carbonyl (C=O) groups excluding carboxylic acids is 2. The summed E-state index contributed by atoms with van der Waals surface area (Å²) in [6, 6.07) is 1.73. The molecule has 1 amide bonds. The number of nitrogens with zero attached hydrogens (tertiary/aromatic N) is 1. The molecule has 2 heterocycles. The molecule has 0 saturated carbocycles. The lowest BCUT2D eigenvalue weighted by atomic mass is 10.3. The maximum absolute atomic E-state index is 11.9. The van der Waals surface area contributed by atoms with Gasteiger partial charge in [-0.25, -0.2) is 4.79 Å². The van der Waals surface area contributed by atoms with Gasteiger partial charge >= 0.3 is 5.97 Å². The van der Waals surface area contributed by atoms with Crippen LogP contribution in [0.25, 0.3) is 5.70 Å². The van der Waals surface area contributed by atoms with Crippen LogP contribution in [0.15, 0.2) is 23.4 Å². The lowest BCUT2D eigenvalue weighted by Gasteiger charge is -2.07. The third-order valence-corrected chi connectivity index (χ3v) is 3.74. The largest absolute Gasteiger partial charge is 0.459 e. The third-order valence-electron chi connectivity index (χ3n) is 2.61. The highest BCUT2D eigenvalue weighted by atomic mass is 32.2. The standard InChI is InChI=1S/C13H16N2O3S/c1-8(2)18-13(17)10-4-5-15-9(6-11(16)14-3)7-19-12(10)15/h4-6,8H,7H2,1-3H3,(H,14,16)/b9-6+. The Morgan fingerprint density at radius 2 is 2.26 bits per heavy atom. The summed E-state index contributed by atoms with van der Waals surface area (Å²) in [5.74, 6) is 0.201. The quantitative estimate of drug-likeness (QED) is 0.677. The number of hydrogen-bond donors (Lipinski definition) is 1. The molecule has 6 heteroatoms. The predicted molar refractivity (Wildman–Crippen MR) is 74.0 cm³/mol. The fraction of sp³-hybridized carbons (Fsp3) is 0.385. The zero-order chi connectivity index (χ0) is 14.0. The predicted octanol–water partition coefficient (Wildman–Crippen LogP) is 1.75. The topological polar surface area (TPSA) is 60.3 Å². The number of ether oxygens (including phenoxy) is 1. The van der Waals surface area contributed by atoms with Crippen molar-refractivity contribution in [2.45, 2.75) is 25.0 Å². The highest BCUT2D eigenvalue weighted by molar-refractivity contribution is 8.00. The number of hydrogen-bond acceptors (Lipinski definition) is 4. The van der Waals surface area contributed by atoms with Gasteiger partial charge in [0, 0.05) is 30.8 Å². The number of rotatable bonds is 3. The summed E-state index contributed by atoms with van der Waals surface area (Å²) < 4.78 is 7.05. The molecule has 1 aromatic rings. The Balaban J connectivity index is 2.26. The highest BCUT2D eigenvalue weighted by Crippen LogP contribution is 2.36.